The number of pyridine rings is 1. The zero-order valence-electron chi connectivity index (χ0n) is 15.7. The molecular formula is C22H23ClN4O. The van der Waals surface area contributed by atoms with Gasteiger partial charge >= 0.3 is 0 Å². The molecule has 1 amide bonds. The van der Waals surface area contributed by atoms with Crippen LogP contribution < -0.4 is 0 Å². The van der Waals surface area contributed by atoms with E-state index in [1.165, 1.54) is 11.3 Å². The normalized spacial score (nSPS) is 18.4. The van der Waals surface area contributed by atoms with Crippen LogP contribution in [0.15, 0.2) is 42.7 Å². The zero-order valence-corrected chi connectivity index (χ0v) is 16.5. The first kappa shape index (κ1) is 17.7. The topological polar surface area (TPSA) is 52.2 Å². The summed E-state index contributed by atoms with van der Waals surface area (Å²) in [5, 5.41) is 1.85. The van der Waals surface area contributed by atoms with Gasteiger partial charge in [0.2, 0.25) is 5.91 Å². The van der Waals surface area contributed by atoms with Crippen LogP contribution in [0, 0.1) is 0 Å². The van der Waals surface area contributed by atoms with Gasteiger partial charge in [-0.3, -0.25) is 14.7 Å². The van der Waals surface area contributed by atoms with Crippen molar-refractivity contribution >= 4 is 28.4 Å². The van der Waals surface area contributed by atoms with E-state index in [-0.39, 0.29) is 11.9 Å². The molecule has 0 aliphatic carbocycles. The predicted molar refractivity (Wildman–Crippen MR) is 110 cm³/mol. The van der Waals surface area contributed by atoms with Crippen LogP contribution in [0.3, 0.4) is 0 Å². The molecule has 2 aliphatic heterocycles. The van der Waals surface area contributed by atoms with Crippen molar-refractivity contribution in [3.05, 3.63) is 64.6 Å². The minimum absolute atomic E-state index is 0.178. The molecule has 2 aliphatic rings. The zero-order chi connectivity index (χ0) is 19.1. The summed E-state index contributed by atoms with van der Waals surface area (Å²) >= 11 is 6.23. The lowest BCUT2D eigenvalue weighted by Crippen LogP contribution is -2.44. The Hall–Kier alpha value is -2.37. The third-order valence-electron chi connectivity index (χ3n) is 5.99. The van der Waals surface area contributed by atoms with E-state index < -0.39 is 0 Å². The maximum Gasteiger partial charge on any atom is 0.244 e. The average molecular weight is 395 g/mol. The molecular weight excluding hydrogens is 372 g/mol. The number of nitrogens with zero attached hydrogens (tertiary/aromatic N) is 3. The Labute approximate surface area is 169 Å². The van der Waals surface area contributed by atoms with Crippen molar-refractivity contribution in [1.29, 1.82) is 0 Å². The number of likely N-dealkylation sites (tertiary alicyclic amines) is 1. The number of nitrogens with one attached hydrogen (secondary N) is 1. The van der Waals surface area contributed by atoms with Gasteiger partial charge in [-0.25, -0.2) is 0 Å². The lowest BCUT2D eigenvalue weighted by atomic mass is 10.0. The van der Waals surface area contributed by atoms with Gasteiger partial charge in [0.15, 0.2) is 0 Å². The molecule has 28 heavy (non-hydrogen) atoms. The maximum absolute atomic E-state index is 13.6. The Kier molecular flexibility index (Phi) is 4.57. The molecule has 2 aromatic heterocycles. The predicted octanol–water partition coefficient (Wildman–Crippen LogP) is 3.94. The second kappa shape index (κ2) is 7.22. The van der Waals surface area contributed by atoms with E-state index in [2.05, 4.69) is 14.9 Å². The van der Waals surface area contributed by atoms with E-state index in [1.54, 1.807) is 6.20 Å². The number of hydrogen-bond acceptors (Lipinski definition) is 3. The number of carbonyl (C=O) groups excluding carboxylic acids is 1. The Balaban J connectivity index is 1.47. The summed E-state index contributed by atoms with van der Waals surface area (Å²) in [6, 6.07) is 9.62. The van der Waals surface area contributed by atoms with E-state index in [0.717, 1.165) is 60.4 Å². The number of aromatic amines is 1. The minimum atomic E-state index is -0.244. The number of benzene rings is 1. The number of amides is 1. The van der Waals surface area contributed by atoms with Gasteiger partial charge in [-0.1, -0.05) is 17.7 Å². The Morgan fingerprint density at radius 2 is 2.04 bits per heavy atom. The van der Waals surface area contributed by atoms with Gasteiger partial charge in [0.1, 0.15) is 6.04 Å². The molecule has 1 N–H and O–H groups in total. The van der Waals surface area contributed by atoms with E-state index in [1.807, 2.05) is 41.4 Å². The molecule has 5 nitrogen and oxygen atoms in total. The summed E-state index contributed by atoms with van der Waals surface area (Å²) in [6.45, 7) is 3.29. The summed E-state index contributed by atoms with van der Waals surface area (Å²) in [7, 11) is 0. The van der Waals surface area contributed by atoms with Crippen molar-refractivity contribution in [1.82, 2.24) is 19.8 Å². The first-order valence-corrected chi connectivity index (χ1v) is 10.3. The van der Waals surface area contributed by atoms with Crippen molar-refractivity contribution in [3.8, 4) is 0 Å². The second-order valence-corrected chi connectivity index (χ2v) is 8.15. The molecule has 4 heterocycles. The summed E-state index contributed by atoms with van der Waals surface area (Å²) in [5.41, 5.74) is 4.50. The third-order valence-corrected chi connectivity index (χ3v) is 6.22. The highest BCUT2D eigenvalue weighted by atomic mass is 35.5. The number of fused-ring (bicyclic) bond motifs is 3. The van der Waals surface area contributed by atoms with Crippen molar-refractivity contribution < 1.29 is 4.79 Å². The first-order valence-electron chi connectivity index (χ1n) is 9.92. The van der Waals surface area contributed by atoms with Gasteiger partial charge in [0.25, 0.3) is 0 Å². The molecule has 1 aromatic carbocycles. The molecule has 144 valence electrons. The van der Waals surface area contributed by atoms with Crippen molar-refractivity contribution in [3.63, 3.8) is 0 Å². The largest absolute Gasteiger partial charge is 0.358 e. The van der Waals surface area contributed by atoms with E-state index in [4.69, 9.17) is 11.6 Å². The lowest BCUT2D eigenvalue weighted by molar-refractivity contribution is -0.138. The molecule has 0 bridgehead atoms. The van der Waals surface area contributed by atoms with Crippen LogP contribution >= 0.6 is 11.6 Å². The number of hydrogen-bond donors (Lipinski definition) is 1. The van der Waals surface area contributed by atoms with E-state index in [0.29, 0.717) is 6.54 Å². The number of H-pyrrole nitrogens is 1. The first-order chi connectivity index (χ1) is 13.7. The van der Waals surface area contributed by atoms with E-state index in [9.17, 15) is 4.79 Å². The molecule has 0 unspecified atom stereocenters. The monoisotopic (exact) mass is 394 g/mol. The standard InChI is InChI=1S/C22H23ClN4O/c23-16-5-6-19-17(12-16)18-14-27(11-7-20(18)25-19)22(28)21(26-9-1-2-10-26)15-4-3-8-24-13-15/h3-6,8,12-13,21,25H,1-2,7,9-11,14H2/t21-/m0/s1. The average Bonchev–Trinajstić information content (AvgIpc) is 3.36. The highest BCUT2D eigenvalue weighted by molar-refractivity contribution is 6.31. The molecule has 1 fully saturated rings. The Morgan fingerprint density at radius 1 is 1.18 bits per heavy atom. The fraction of sp³-hybridized carbons (Fsp3) is 0.364. The highest BCUT2D eigenvalue weighted by Gasteiger charge is 2.35. The lowest BCUT2D eigenvalue weighted by Gasteiger charge is -2.34. The summed E-state index contributed by atoms with van der Waals surface area (Å²) in [4.78, 5) is 25.7. The highest BCUT2D eigenvalue weighted by Crippen LogP contribution is 2.33. The molecule has 6 heteroatoms. The summed E-state index contributed by atoms with van der Waals surface area (Å²) < 4.78 is 0. The van der Waals surface area contributed by atoms with Crippen molar-refractivity contribution in [2.75, 3.05) is 19.6 Å². The molecule has 0 radical (unpaired) electrons. The number of aromatic nitrogens is 2. The van der Waals surface area contributed by atoms with Gasteiger partial charge < -0.3 is 9.88 Å². The molecule has 5 rings (SSSR count). The minimum Gasteiger partial charge on any atom is -0.358 e. The number of halogens is 1. The van der Waals surface area contributed by atoms with Gasteiger partial charge in [0, 0.05) is 59.1 Å². The van der Waals surface area contributed by atoms with Gasteiger partial charge in [-0.15, -0.1) is 0 Å². The number of rotatable bonds is 3. The van der Waals surface area contributed by atoms with Crippen molar-refractivity contribution in [2.24, 2.45) is 0 Å². The fourth-order valence-electron chi connectivity index (χ4n) is 4.59. The molecule has 1 saturated heterocycles. The van der Waals surface area contributed by atoms with Gasteiger partial charge in [-0.2, -0.15) is 0 Å². The quantitative estimate of drug-likeness (QED) is 0.732. The molecule has 0 saturated carbocycles. The smallest absolute Gasteiger partial charge is 0.244 e. The van der Waals surface area contributed by atoms with Crippen LogP contribution in [-0.4, -0.2) is 45.3 Å². The van der Waals surface area contributed by atoms with E-state index >= 15 is 0 Å². The summed E-state index contributed by atoms with van der Waals surface area (Å²) in [6.07, 6.45) is 6.73. The second-order valence-electron chi connectivity index (χ2n) is 7.71. The van der Waals surface area contributed by atoms with Crippen LogP contribution in [0.1, 0.15) is 35.7 Å². The van der Waals surface area contributed by atoms with Crippen LogP contribution in [0.5, 0.6) is 0 Å². The van der Waals surface area contributed by atoms with Gasteiger partial charge in [-0.05, 0) is 55.8 Å². The Bertz CT molecular complexity index is 1010. The molecule has 0 spiro atoms. The van der Waals surface area contributed by atoms with Crippen LogP contribution in [0.2, 0.25) is 5.02 Å². The van der Waals surface area contributed by atoms with Crippen LogP contribution in [0.4, 0.5) is 0 Å². The fourth-order valence-corrected chi connectivity index (χ4v) is 4.77. The van der Waals surface area contributed by atoms with Crippen LogP contribution in [0.25, 0.3) is 10.9 Å². The number of carbonyl (C=O) groups is 1. The summed E-state index contributed by atoms with van der Waals surface area (Å²) in [5.74, 6) is 0.178. The third kappa shape index (κ3) is 3.09. The van der Waals surface area contributed by atoms with Crippen molar-refractivity contribution in [2.45, 2.75) is 31.8 Å². The van der Waals surface area contributed by atoms with Gasteiger partial charge in [0.05, 0.1) is 0 Å². The maximum atomic E-state index is 13.6. The molecule has 1 atom stereocenters. The SMILES string of the molecule is O=C([C@H](c1cccnc1)N1CCCC1)N1CCc2[nH]c3ccc(Cl)cc3c2C1. The molecule has 3 aromatic rings. The van der Waals surface area contributed by atoms with Crippen LogP contribution in [-0.2, 0) is 17.8 Å². The Morgan fingerprint density at radius 3 is 2.82 bits per heavy atom.